The van der Waals surface area contributed by atoms with Gasteiger partial charge in [-0.1, -0.05) is 17.3 Å². The van der Waals surface area contributed by atoms with Gasteiger partial charge >= 0.3 is 0 Å². The van der Waals surface area contributed by atoms with Gasteiger partial charge in [-0.05, 0) is 37.0 Å². The smallest absolute Gasteiger partial charge is 0.230 e. The molecule has 0 saturated carbocycles. The lowest BCUT2D eigenvalue weighted by Gasteiger charge is -2.10. The number of aryl methyl sites for hydroxylation is 1. The molecule has 0 radical (unpaired) electrons. The Kier molecular flexibility index (Phi) is 3.36. The van der Waals surface area contributed by atoms with E-state index in [2.05, 4.69) is 5.16 Å². The minimum Gasteiger partial charge on any atom is -0.496 e. The molecule has 2 aromatic rings. The largest absolute Gasteiger partial charge is 0.496 e. The Labute approximate surface area is 117 Å². The molecule has 5 heteroatoms. The molecule has 1 aromatic carbocycles. The molecule has 3 rings (SSSR count). The van der Waals surface area contributed by atoms with Crippen LogP contribution in [-0.2, 0) is 4.74 Å². The van der Waals surface area contributed by atoms with Gasteiger partial charge in [-0.15, -0.1) is 0 Å². The van der Waals surface area contributed by atoms with Crippen molar-refractivity contribution in [1.82, 2.24) is 5.16 Å². The molecule has 20 heavy (non-hydrogen) atoms. The third-order valence-corrected chi connectivity index (χ3v) is 3.68. The van der Waals surface area contributed by atoms with Crippen molar-refractivity contribution in [2.24, 2.45) is 0 Å². The maximum Gasteiger partial charge on any atom is 0.230 e. The second kappa shape index (κ2) is 5.17. The first-order valence-electron chi connectivity index (χ1n) is 6.72. The highest BCUT2D eigenvalue weighted by Crippen LogP contribution is 2.39. The molecule has 2 N–H and O–H groups in total. The molecular weight excluding hydrogens is 256 g/mol. The van der Waals surface area contributed by atoms with Crippen LogP contribution < -0.4 is 10.5 Å². The summed E-state index contributed by atoms with van der Waals surface area (Å²) in [6.45, 7) is 2.76. The lowest BCUT2D eigenvalue weighted by molar-refractivity contribution is 0.106. The van der Waals surface area contributed by atoms with Crippen molar-refractivity contribution in [2.75, 3.05) is 19.5 Å². The minimum atomic E-state index is -0.0293. The summed E-state index contributed by atoms with van der Waals surface area (Å²) in [6, 6.07) is 5.95. The van der Waals surface area contributed by atoms with Gasteiger partial charge in [0.05, 0.1) is 12.7 Å². The van der Waals surface area contributed by atoms with E-state index < -0.39 is 0 Å². The molecule has 0 aliphatic carbocycles. The van der Waals surface area contributed by atoms with Gasteiger partial charge in [-0.25, -0.2) is 0 Å². The van der Waals surface area contributed by atoms with E-state index in [1.165, 1.54) is 0 Å². The predicted molar refractivity (Wildman–Crippen MR) is 75.6 cm³/mol. The highest BCUT2D eigenvalue weighted by atomic mass is 16.5. The first-order valence-corrected chi connectivity index (χ1v) is 6.72. The maximum absolute atomic E-state index is 5.95. The summed E-state index contributed by atoms with van der Waals surface area (Å²) in [5.74, 6) is 1.14. The van der Waals surface area contributed by atoms with Gasteiger partial charge in [0.1, 0.15) is 17.5 Å². The van der Waals surface area contributed by atoms with Crippen LogP contribution in [-0.4, -0.2) is 18.9 Å². The lowest BCUT2D eigenvalue weighted by Crippen LogP contribution is -1.99. The Balaban J connectivity index is 2.07. The average Bonchev–Trinajstić information content (AvgIpc) is 3.08. The molecule has 1 saturated heterocycles. The van der Waals surface area contributed by atoms with Crippen LogP contribution in [0.5, 0.6) is 5.75 Å². The molecule has 1 aliphatic rings. The first-order chi connectivity index (χ1) is 9.70. The zero-order valence-corrected chi connectivity index (χ0v) is 11.7. The number of ether oxygens (including phenoxy) is 2. The van der Waals surface area contributed by atoms with Gasteiger partial charge in [0.15, 0.2) is 0 Å². The van der Waals surface area contributed by atoms with Crippen molar-refractivity contribution in [2.45, 2.75) is 25.9 Å². The van der Waals surface area contributed by atoms with E-state index >= 15 is 0 Å². The van der Waals surface area contributed by atoms with Crippen LogP contribution in [0.15, 0.2) is 22.7 Å². The topological polar surface area (TPSA) is 70.5 Å². The average molecular weight is 274 g/mol. The normalized spacial score (nSPS) is 18.4. The summed E-state index contributed by atoms with van der Waals surface area (Å²) in [5, 5.41) is 4.09. The fourth-order valence-corrected chi connectivity index (χ4v) is 2.59. The summed E-state index contributed by atoms with van der Waals surface area (Å²) in [7, 11) is 1.66. The molecule has 5 nitrogen and oxygen atoms in total. The van der Waals surface area contributed by atoms with E-state index in [1.807, 2.05) is 25.1 Å². The van der Waals surface area contributed by atoms with Gasteiger partial charge in [0.2, 0.25) is 5.88 Å². The van der Waals surface area contributed by atoms with Gasteiger partial charge in [0.25, 0.3) is 0 Å². The Hall–Kier alpha value is -2.01. The van der Waals surface area contributed by atoms with Gasteiger partial charge < -0.3 is 19.7 Å². The summed E-state index contributed by atoms with van der Waals surface area (Å²) in [5.41, 5.74) is 9.56. The van der Waals surface area contributed by atoms with E-state index in [4.69, 9.17) is 19.7 Å². The van der Waals surface area contributed by atoms with Gasteiger partial charge in [-0.3, -0.25) is 0 Å². The van der Waals surface area contributed by atoms with Crippen LogP contribution >= 0.6 is 0 Å². The Morgan fingerprint density at radius 1 is 1.40 bits per heavy atom. The predicted octanol–water partition coefficient (Wildman–Crippen LogP) is 3.09. The second-order valence-corrected chi connectivity index (χ2v) is 4.99. The van der Waals surface area contributed by atoms with Crippen molar-refractivity contribution in [3.05, 3.63) is 29.5 Å². The van der Waals surface area contributed by atoms with Crippen LogP contribution in [0, 0.1) is 6.92 Å². The van der Waals surface area contributed by atoms with Crippen LogP contribution in [0.3, 0.4) is 0 Å². The van der Waals surface area contributed by atoms with Gasteiger partial charge in [-0.2, -0.15) is 0 Å². The first kappa shape index (κ1) is 13.0. The van der Waals surface area contributed by atoms with E-state index in [-0.39, 0.29) is 6.10 Å². The highest BCUT2D eigenvalue weighted by molar-refractivity contribution is 5.76. The number of anilines is 1. The third kappa shape index (κ3) is 2.14. The Morgan fingerprint density at radius 2 is 2.25 bits per heavy atom. The van der Waals surface area contributed by atoms with Crippen LogP contribution in [0.25, 0.3) is 11.1 Å². The Bertz CT molecular complexity index is 616. The number of methoxy groups -OCH3 is 1. The third-order valence-electron chi connectivity index (χ3n) is 3.68. The number of hydrogen-bond donors (Lipinski definition) is 1. The molecule has 1 unspecified atom stereocenters. The number of nitrogens with zero attached hydrogens (tertiary/aromatic N) is 1. The van der Waals surface area contributed by atoms with Crippen molar-refractivity contribution in [3.63, 3.8) is 0 Å². The SMILES string of the molecule is COc1cc(-c2c(C3CCCO3)noc2N)ccc1C. The number of hydrogen-bond acceptors (Lipinski definition) is 5. The van der Waals surface area contributed by atoms with E-state index in [9.17, 15) is 0 Å². The number of aromatic nitrogens is 1. The van der Waals surface area contributed by atoms with Crippen molar-refractivity contribution < 1.29 is 14.0 Å². The van der Waals surface area contributed by atoms with Crippen LogP contribution in [0.2, 0.25) is 0 Å². The zero-order chi connectivity index (χ0) is 14.1. The molecule has 1 fully saturated rings. The summed E-state index contributed by atoms with van der Waals surface area (Å²) in [6.07, 6.45) is 1.95. The van der Waals surface area contributed by atoms with Gasteiger partial charge in [0, 0.05) is 6.61 Å². The number of benzene rings is 1. The van der Waals surface area contributed by atoms with Crippen molar-refractivity contribution in [3.8, 4) is 16.9 Å². The minimum absolute atomic E-state index is 0.0293. The summed E-state index contributed by atoms with van der Waals surface area (Å²) in [4.78, 5) is 0. The van der Waals surface area contributed by atoms with Crippen molar-refractivity contribution in [1.29, 1.82) is 0 Å². The molecule has 1 aromatic heterocycles. The zero-order valence-electron chi connectivity index (χ0n) is 11.7. The van der Waals surface area contributed by atoms with Crippen molar-refractivity contribution >= 4 is 5.88 Å². The molecule has 106 valence electrons. The fourth-order valence-electron chi connectivity index (χ4n) is 2.59. The number of rotatable bonds is 3. The van der Waals surface area contributed by atoms with E-state index in [0.29, 0.717) is 5.88 Å². The molecule has 2 heterocycles. The summed E-state index contributed by atoms with van der Waals surface area (Å²) < 4.78 is 16.2. The molecular formula is C15H18N2O3. The van der Waals surface area contributed by atoms with E-state index in [0.717, 1.165) is 47.6 Å². The molecule has 0 amide bonds. The molecule has 0 bridgehead atoms. The fraction of sp³-hybridized carbons (Fsp3) is 0.400. The molecule has 1 aliphatic heterocycles. The monoisotopic (exact) mass is 274 g/mol. The highest BCUT2D eigenvalue weighted by Gasteiger charge is 2.27. The number of nitrogen functional groups attached to an aromatic ring is 1. The Morgan fingerprint density at radius 3 is 2.95 bits per heavy atom. The quantitative estimate of drug-likeness (QED) is 0.931. The number of nitrogens with two attached hydrogens (primary N) is 1. The maximum atomic E-state index is 5.95. The second-order valence-electron chi connectivity index (χ2n) is 4.99. The lowest BCUT2D eigenvalue weighted by atomic mass is 10.00. The van der Waals surface area contributed by atoms with E-state index in [1.54, 1.807) is 7.11 Å². The molecule has 1 atom stereocenters. The van der Waals surface area contributed by atoms with Crippen LogP contribution in [0.1, 0.15) is 30.2 Å². The standard InChI is InChI=1S/C15H18N2O3/c1-9-5-6-10(8-12(9)18-2)13-14(17-20-15(13)16)11-4-3-7-19-11/h5-6,8,11H,3-4,7,16H2,1-2H3. The van der Waals surface area contributed by atoms with Crippen LogP contribution in [0.4, 0.5) is 5.88 Å². The molecule has 0 spiro atoms. The summed E-state index contributed by atoms with van der Waals surface area (Å²) >= 11 is 0.